The average Bonchev–Trinajstić information content (AvgIpc) is 2.17. The number of rotatable bonds is 5. The van der Waals surface area contributed by atoms with Crippen molar-refractivity contribution in [1.82, 2.24) is 0 Å². The van der Waals surface area contributed by atoms with Crippen LogP contribution in [0.5, 0.6) is 0 Å². The molecule has 0 aliphatic carbocycles. The maximum Gasteiger partial charge on any atom is 0.175 e. The number of aliphatic hydroxyl groups is 1. The van der Waals surface area contributed by atoms with Crippen LogP contribution in [-0.4, -0.2) is 39.6 Å². The van der Waals surface area contributed by atoms with Gasteiger partial charge in [0.25, 0.3) is 0 Å². The fraction of sp³-hybridized carbons (Fsp3) is 0.455. The molecule has 0 saturated heterocycles. The van der Waals surface area contributed by atoms with Gasteiger partial charge in [-0.3, -0.25) is 0 Å². The van der Waals surface area contributed by atoms with E-state index in [4.69, 9.17) is 4.74 Å². The lowest BCUT2D eigenvalue weighted by Gasteiger charge is -2.12. The molecule has 0 amide bonds. The van der Waals surface area contributed by atoms with Crippen LogP contribution in [-0.2, 0) is 21.0 Å². The first-order chi connectivity index (χ1) is 7.45. The van der Waals surface area contributed by atoms with Crippen LogP contribution in [0.1, 0.15) is 5.56 Å². The predicted octanol–water partition coefficient (Wildman–Crippen LogP) is 0.640. The summed E-state index contributed by atoms with van der Waals surface area (Å²) < 4.78 is 27.8. The van der Waals surface area contributed by atoms with Crippen molar-refractivity contribution in [1.29, 1.82) is 0 Å². The molecule has 0 aliphatic rings. The van der Waals surface area contributed by atoms with Crippen molar-refractivity contribution in [3.8, 4) is 0 Å². The molecular weight excluding hydrogens is 228 g/mol. The van der Waals surface area contributed by atoms with Crippen molar-refractivity contribution in [2.75, 3.05) is 20.0 Å². The quantitative estimate of drug-likeness (QED) is 0.825. The van der Waals surface area contributed by atoms with Crippen LogP contribution in [0.2, 0.25) is 0 Å². The van der Waals surface area contributed by atoms with Crippen molar-refractivity contribution in [3.63, 3.8) is 0 Å². The van der Waals surface area contributed by atoms with Gasteiger partial charge in [0.15, 0.2) is 9.84 Å². The van der Waals surface area contributed by atoms with Gasteiger partial charge in [0.1, 0.15) is 0 Å². The van der Waals surface area contributed by atoms with Crippen molar-refractivity contribution in [2.45, 2.75) is 17.4 Å². The molecule has 1 N–H and O–H groups in total. The van der Waals surface area contributed by atoms with Gasteiger partial charge in [0, 0.05) is 19.8 Å². The lowest BCUT2D eigenvalue weighted by Crippen LogP contribution is -2.18. The molecule has 1 atom stereocenters. The maximum absolute atomic E-state index is 11.5. The first-order valence-corrected chi connectivity index (χ1v) is 6.79. The largest absolute Gasteiger partial charge is 0.390 e. The lowest BCUT2D eigenvalue weighted by atomic mass is 10.1. The zero-order valence-electron chi connectivity index (χ0n) is 9.38. The van der Waals surface area contributed by atoms with Crippen LogP contribution in [0.3, 0.4) is 0 Å². The van der Waals surface area contributed by atoms with E-state index in [-0.39, 0.29) is 17.9 Å². The molecular formula is C11H16O4S. The van der Waals surface area contributed by atoms with Crippen LogP contribution in [0.15, 0.2) is 29.2 Å². The van der Waals surface area contributed by atoms with Gasteiger partial charge in [0.05, 0.1) is 17.6 Å². The second-order valence-corrected chi connectivity index (χ2v) is 5.68. The van der Waals surface area contributed by atoms with Crippen LogP contribution >= 0.6 is 0 Å². The highest BCUT2D eigenvalue weighted by Crippen LogP contribution is 2.16. The summed E-state index contributed by atoms with van der Waals surface area (Å²) in [4.78, 5) is 0.269. The second-order valence-electron chi connectivity index (χ2n) is 3.69. The highest BCUT2D eigenvalue weighted by Gasteiger charge is 2.15. The van der Waals surface area contributed by atoms with E-state index in [1.54, 1.807) is 24.3 Å². The Labute approximate surface area is 95.8 Å². The molecule has 0 fully saturated rings. The number of benzene rings is 1. The van der Waals surface area contributed by atoms with Crippen molar-refractivity contribution in [3.05, 3.63) is 29.8 Å². The number of methoxy groups -OCH3 is 1. The molecule has 0 aliphatic heterocycles. The minimum Gasteiger partial charge on any atom is -0.390 e. The van der Waals surface area contributed by atoms with Crippen LogP contribution < -0.4 is 0 Å². The highest BCUT2D eigenvalue weighted by atomic mass is 32.2. The number of ether oxygens (including phenoxy) is 1. The minimum absolute atomic E-state index is 0.193. The van der Waals surface area contributed by atoms with E-state index < -0.39 is 15.9 Å². The van der Waals surface area contributed by atoms with Gasteiger partial charge in [-0.15, -0.1) is 0 Å². The van der Waals surface area contributed by atoms with Gasteiger partial charge in [-0.1, -0.05) is 18.2 Å². The van der Waals surface area contributed by atoms with Crippen molar-refractivity contribution in [2.24, 2.45) is 0 Å². The summed E-state index contributed by atoms with van der Waals surface area (Å²) in [5.74, 6) is 0. The van der Waals surface area contributed by atoms with Gasteiger partial charge >= 0.3 is 0 Å². The van der Waals surface area contributed by atoms with Crippen LogP contribution in [0.25, 0.3) is 0 Å². The predicted molar refractivity (Wildman–Crippen MR) is 61.1 cm³/mol. The van der Waals surface area contributed by atoms with Gasteiger partial charge in [-0.25, -0.2) is 8.42 Å². The summed E-state index contributed by atoms with van der Waals surface area (Å²) in [5.41, 5.74) is 0.620. The topological polar surface area (TPSA) is 63.6 Å². The number of aliphatic hydroxyl groups excluding tert-OH is 1. The Kier molecular flexibility index (Phi) is 4.46. The monoisotopic (exact) mass is 244 g/mol. The smallest absolute Gasteiger partial charge is 0.175 e. The van der Waals surface area contributed by atoms with E-state index in [9.17, 15) is 13.5 Å². The Morgan fingerprint density at radius 3 is 2.56 bits per heavy atom. The van der Waals surface area contributed by atoms with Crippen LogP contribution in [0, 0.1) is 0 Å². The Hall–Kier alpha value is -0.910. The number of sulfone groups is 1. The Balaban J connectivity index is 2.96. The molecule has 1 aromatic rings. The lowest BCUT2D eigenvalue weighted by molar-refractivity contribution is 0.0646. The van der Waals surface area contributed by atoms with Crippen molar-refractivity contribution >= 4 is 9.84 Å². The summed E-state index contributed by atoms with van der Waals surface area (Å²) >= 11 is 0. The molecule has 0 bridgehead atoms. The Bertz CT molecular complexity index is 439. The summed E-state index contributed by atoms with van der Waals surface area (Å²) in [7, 11) is -1.75. The zero-order chi connectivity index (χ0) is 12.2. The van der Waals surface area contributed by atoms with E-state index >= 15 is 0 Å². The third-order valence-electron chi connectivity index (χ3n) is 2.19. The first kappa shape index (κ1) is 13.2. The van der Waals surface area contributed by atoms with E-state index in [1.165, 1.54) is 7.11 Å². The first-order valence-electron chi connectivity index (χ1n) is 4.90. The normalized spacial score (nSPS) is 13.7. The standard InChI is InChI=1S/C11H16O4S/c1-15-8-10(12)7-9-5-3-4-6-11(9)16(2,13)14/h3-6,10,12H,7-8H2,1-2H3. The molecule has 0 aromatic heterocycles. The molecule has 0 radical (unpaired) electrons. The molecule has 90 valence electrons. The average molecular weight is 244 g/mol. The number of hydrogen-bond donors (Lipinski definition) is 1. The van der Waals surface area contributed by atoms with E-state index in [2.05, 4.69) is 0 Å². The fourth-order valence-electron chi connectivity index (χ4n) is 1.54. The van der Waals surface area contributed by atoms with E-state index in [1.807, 2.05) is 0 Å². The van der Waals surface area contributed by atoms with Crippen molar-refractivity contribution < 1.29 is 18.3 Å². The van der Waals surface area contributed by atoms with Gasteiger partial charge in [-0.05, 0) is 11.6 Å². The molecule has 1 unspecified atom stereocenters. The van der Waals surface area contributed by atoms with Crippen LogP contribution in [0.4, 0.5) is 0 Å². The Morgan fingerprint density at radius 2 is 2.00 bits per heavy atom. The van der Waals surface area contributed by atoms with Gasteiger partial charge in [-0.2, -0.15) is 0 Å². The molecule has 0 saturated carbocycles. The molecule has 5 heteroatoms. The summed E-state index contributed by atoms with van der Waals surface area (Å²) in [6.07, 6.45) is 0.749. The Morgan fingerprint density at radius 1 is 1.38 bits per heavy atom. The molecule has 4 nitrogen and oxygen atoms in total. The van der Waals surface area contributed by atoms with Gasteiger partial charge < -0.3 is 9.84 Å². The third-order valence-corrected chi connectivity index (χ3v) is 3.38. The third kappa shape index (κ3) is 3.59. The molecule has 1 rings (SSSR count). The summed E-state index contributed by atoms with van der Waals surface area (Å²) in [5, 5.41) is 9.57. The SMILES string of the molecule is COCC(O)Cc1ccccc1S(C)(=O)=O. The molecule has 0 heterocycles. The van der Waals surface area contributed by atoms with E-state index in [0.29, 0.717) is 5.56 Å². The summed E-state index contributed by atoms with van der Waals surface area (Å²) in [6, 6.07) is 6.67. The second kappa shape index (κ2) is 5.43. The molecule has 1 aromatic carbocycles. The van der Waals surface area contributed by atoms with Gasteiger partial charge in [0.2, 0.25) is 0 Å². The number of hydrogen-bond acceptors (Lipinski definition) is 4. The summed E-state index contributed by atoms with van der Waals surface area (Å²) in [6.45, 7) is 0.193. The minimum atomic E-state index is -3.25. The molecule has 16 heavy (non-hydrogen) atoms. The zero-order valence-corrected chi connectivity index (χ0v) is 10.2. The van der Waals surface area contributed by atoms with E-state index in [0.717, 1.165) is 6.26 Å². The highest BCUT2D eigenvalue weighted by molar-refractivity contribution is 7.90. The fourth-order valence-corrected chi connectivity index (χ4v) is 2.49. The maximum atomic E-state index is 11.5. The molecule has 0 spiro atoms.